The molecule has 6 nitrogen and oxygen atoms in total. The number of hydrogen-bond donors (Lipinski definition) is 0. The molecule has 102 valence electrons. The lowest BCUT2D eigenvalue weighted by atomic mass is 10.2. The lowest BCUT2D eigenvalue weighted by Crippen LogP contribution is -2.21. The molecule has 0 aliphatic carbocycles. The molecular formula is C13H11BrN4O2. The minimum atomic E-state index is -0.126. The first-order valence-electron chi connectivity index (χ1n) is 6.13. The number of rotatable bonds is 3. The van der Waals surface area contributed by atoms with Crippen molar-refractivity contribution in [3.05, 3.63) is 51.1 Å². The van der Waals surface area contributed by atoms with Gasteiger partial charge in [-0.2, -0.15) is 0 Å². The van der Waals surface area contributed by atoms with Gasteiger partial charge in [0.2, 0.25) is 11.8 Å². The largest absolute Gasteiger partial charge is 0.423 e. The van der Waals surface area contributed by atoms with Gasteiger partial charge in [-0.1, -0.05) is 22.9 Å². The highest BCUT2D eigenvalue weighted by atomic mass is 79.9. The minimum Gasteiger partial charge on any atom is -0.423 e. The van der Waals surface area contributed by atoms with E-state index in [1.165, 1.54) is 10.9 Å². The number of aromatic nitrogens is 4. The molecule has 0 amide bonds. The van der Waals surface area contributed by atoms with Crippen LogP contribution in [0.1, 0.15) is 18.7 Å². The molecule has 0 fully saturated rings. The molecule has 2 heterocycles. The molecule has 2 aromatic heterocycles. The minimum absolute atomic E-state index is 0.126. The Labute approximate surface area is 122 Å². The van der Waals surface area contributed by atoms with Gasteiger partial charge < -0.3 is 4.42 Å². The molecule has 20 heavy (non-hydrogen) atoms. The van der Waals surface area contributed by atoms with Crippen molar-refractivity contribution >= 4 is 26.8 Å². The fraction of sp³-hybridized carbons (Fsp3) is 0.231. The summed E-state index contributed by atoms with van der Waals surface area (Å²) in [7, 11) is 0. The molecule has 0 aliphatic rings. The predicted molar refractivity (Wildman–Crippen MR) is 76.5 cm³/mol. The van der Waals surface area contributed by atoms with Crippen LogP contribution in [-0.4, -0.2) is 19.7 Å². The Morgan fingerprint density at radius 3 is 2.85 bits per heavy atom. The highest BCUT2D eigenvalue weighted by Crippen LogP contribution is 2.15. The Kier molecular flexibility index (Phi) is 3.35. The molecule has 0 radical (unpaired) electrons. The van der Waals surface area contributed by atoms with Crippen molar-refractivity contribution in [2.45, 2.75) is 19.9 Å². The Morgan fingerprint density at radius 1 is 1.30 bits per heavy atom. The summed E-state index contributed by atoms with van der Waals surface area (Å²) in [5, 5.41) is 8.34. The zero-order valence-electron chi connectivity index (χ0n) is 10.7. The monoisotopic (exact) mass is 334 g/mol. The highest BCUT2D eigenvalue weighted by molar-refractivity contribution is 9.10. The fourth-order valence-corrected chi connectivity index (χ4v) is 2.23. The molecule has 3 aromatic rings. The molecule has 0 unspecified atom stereocenters. The van der Waals surface area contributed by atoms with Gasteiger partial charge in [-0.25, -0.2) is 4.98 Å². The van der Waals surface area contributed by atoms with Gasteiger partial charge in [-0.05, 0) is 18.2 Å². The Balaban J connectivity index is 2.02. The maximum Gasteiger partial charge on any atom is 0.261 e. The third-order valence-corrected chi connectivity index (χ3v) is 3.40. The van der Waals surface area contributed by atoms with E-state index in [9.17, 15) is 4.79 Å². The van der Waals surface area contributed by atoms with Crippen LogP contribution in [0.2, 0.25) is 0 Å². The zero-order valence-corrected chi connectivity index (χ0v) is 12.3. The number of nitrogens with zero attached hydrogens (tertiary/aromatic N) is 4. The van der Waals surface area contributed by atoms with Crippen molar-refractivity contribution in [2.75, 3.05) is 0 Å². The van der Waals surface area contributed by atoms with Gasteiger partial charge in [0.1, 0.15) is 6.54 Å². The van der Waals surface area contributed by atoms with Crippen LogP contribution in [0.5, 0.6) is 0 Å². The van der Waals surface area contributed by atoms with Crippen LogP contribution in [0.3, 0.4) is 0 Å². The molecule has 0 bridgehead atoms. The number of halogens is 1. The SMILES string of the molecule is CCc1nnc(Cn2cnc3cc(Br)ccc3c2=O)o1. The number of hydrogen-bond acceptors (Lipinski definition) is 5. The smallest absolute Gasteiger partial charge is 0.261 e. The number of benzene rings is 1. The van der Waals surface area contributed by atoms with E-state index < -0.39 is 0 Å². The molecule has 0 saturated heterocycles. The van der Waals surface area contributed by atoms with E-state index in [0.717, 1.165) is 4.47 Å². The first-order chi connectivity index (χ1) is 9.67. The zero-order chi connectivity index (χ0) is 14.1. The summed E-state index contributed by atoms with van der Waals surface area (Å²) in [4.78, 5) is 16.6. The highest BCUT2D eigenvalue weighted by Gasteiger charge is 2.09. The van der Waals surface area contributed by atoms with Crippen LogP contribution >= 0.6 is 15.9 Å². The Hall–Kier alpha value is -2.02. The second kappa shape index (κ2) is 5.16. The third-order valence-electron chi connectivity index (χ3n) is 2.90. The van der Waals surface area contributed by atoms with Crippen molar-refractivity contribution in [3.8, 4) is 0 Å². The van der Waals surface area contributed by atoms with Gasteiger partial charge in [0.05, 0.1) is 17.2 Å². The summed E-state index contributed by atoms with van der Waals surface area (Å²) in [6, 6.07) is 5.37. The average Bonchev–Trinajstić information content (AvgIpc) is 2.89. The van der Waals surface area contributed by atoms with E-state index in [4.69, 9.17) is 4.42 Å². The van der Waals surface area contributed by atoms with Crippen molar-refractivity contribution in [1.29, 1.82) is 0 Å². The lowest BCUT2D eigenvalue weighted by Gasteiger charge is -2.04. The van der Waals surface area contributed by atoms with E-state index in [2.05, 4.69) is 31.1 Å². The van der Waals surface area contributed by atoms with Gasteiger partial charge in [0.25, 0.3) is 5.56 Å². The molecular weight excluding hydrogens is 324 g/mol. The normalized spacial score (nSPS) is 11.1. The number of aryl methyl sites for hydroxylation is 1. The van der Waals surface area contributed by atoms with Crippen LogP contribution in [0.4, 0.5) is 0 Å². The summed E-state index contributed by atoms with van der Waals surface area (Å²) in [5.74, 6) is 0.966. The third kappa shape index (κ3) is 2.36. The molecule has 1 aromatic carbocycles. The first-order valence-corrected chi connectivity index (χ1v) is 6.92. The molecule has 0 saturated carbocycles. The van der Waals surface area contributed by atoms with E-state index in [-0.39, 0.29) is 12.1 Å². The van der Waals surface area contributed by atoms with Crippen LogP contribution in [0, 0.1) is 0 Å². The van der Waals surface area contributed by atoms with E-state index in [0.29, 0.717) is 29.1 Å². The molecule has 0 aliphatic heterocycles. The fourth-order valence-electron chi connectivity index (χ4n) is 1.88. The van der Waals surface area contributed by atoms with Crippen molar-refractivity contribution in [2.24, 2.45) is 0 Å². The summed E-state index contributed by atoms with van der Waals surface area (Å²) in [5.41, 5.74) is 0.527. The topological polar surface area (TPSA) is 73.8 Å². The lowest BCUT2D eigenvalue weighted by molar-refractivity contribution is 0.439. The second-order valence-corrected chi connectivity index (χ2v) is 5.20. The molecule has 0 atom stereocenters. The summed E-state index contributed by atoms with van der Waals surface area (Å²) >= 11 is 3.36. The quantitative estimate of drug-likeness (QED) is 0.733. The Bertz CT molecular complexity index is 825. The molecule has 7 heteroatoms. The van der Waals surface area contributed by atoms with Gasteiger partial charge in [-0.15, -0.1) is 10.2 Å². The van der Waals surface area contributed by atoms with E-state index >= 15 is 0 Å². The maximum absolute atomic E-state index is 12.3. The Morgan fingerprint density at radius 2 is 2.10 bits per heavy atom. The molecule has 0 spiro atoms. The van der Waals surface area contributed by atoms with Crippen LogP contribution < -0.4 is 5.56 Å². The molecule has 0 N–H and O–H groups in total. The summed E-state index contributed by atoms with van der Waals surface area (Å²) in [6.45, 7) is 2.16. The predicted octanol–water partition coefficient (Wildman–Crippen LogP) is 2.15. The van der Waals surface area contributed by atoms with Crippen molar-refractivity contribution in [1.82, 2.24) is 19.7 Å². The second-order valence-electron chi connectivity index (χ2n) is 4.28. The van der Waals surface area contributed by atoms with Gasteiger partial charge >= 0.3 is 0 Å². The standard InChI is InChI=1S/C13H11BrN4O2/c1-2-11-16-17-12(20-11)6-18-7-15-10-5-8(14)3-4-9(10)13(18)19/h3-5,7H,2,6H2,1H3. The number of fused-ring (bicyclic) bond motifs is 1. The van der Waals surface area contributed by atoms with Crippen LogP contribution in [0.25, 0.3) is 10.9 Å². The summed E-state index contributed by atoms with van der Waals surface area (Å²) < 4.78 is 7.76. The van der Waals surface area contributed by atoms with E-state index in [1.54, 1.807) is 6.07 Å². The maximum atomic E-state index is 12.3. The van der Waals surface area contributed by atoms with Crippen LogP contribution in [-0.2, 0) is 13.0 Å². The summed E-state index contributed by atoms with van der Waals surface area (Å²) in [6.07, 6.45) is 2.17. The van der Waals surface area contributed by atoms with Gasteiger partial charge in [-0.3, -0.25) is 9.36 Å². The average molecular weight is 335 g/mol. The van der Waals surface area contributed by atoms with Gasteiger partial charge in [0, 0.05) is 10.9 Å². The van der Waals surface area contributed by atoms with Crippen molar-refractivity contribution < 1.29 is 4.42 Å². The van der Waals surface area contributed by atoms with Gasteiger partial charge in [0.15, 0.2) is 0 Å². The van der Waals surface area contributed by atoms with Crippen molar-refractivity contribution in [3.63, 3.8) is 0 Å². The molecule has 3 rings (SSSR count). The van der Waals surface area contributed by atoms with E-state index in [1.807, 2.05) is 19.1 Å². The first kappa shape index (κ1) is 13.0. The van der Waals surface area contributed by atoms with Crippen LogP contribution in [0.15, 0.2) is 38.2 Å².